The Morgan fingerprint density at radius 3 is 2.38 bits per heavy atom. The molecule has 0 saturated carbocycles. The van der Waals surface area contributed by atoms with Crippen molar-refractivity contribution in [3.05, 3.63) is 86.9 Å². The number of hydrazine groups is 1. The van der Waals surface area contributed by atoms with Crippen LogP contribution in [0, 0.1) is 5.82 Å². The fourth-order valence-corrected chi connectivity index (χ4v) is 3.49. The number of para-hydroxylation sites is 1. The van der Waals surface area contributed by atoms with Gasteiger partial charge in [0.1, 0.15) is 5.82 Å². The summed E-state index contributed by atoms with van der Waals surface area (Å²) in [6.45, 7) is 0. The summed E-state index contributed by atoms with van der Waals surface area (Å²) in [6, 6.07) is 10.3. The van der Waals surface area contributed by atoms with Gasteiger partial charge in [-0.05, 0) is 36.4 Å². The van der Waals surface area contributed by atoms with Crippen molar-refractivity contribution in [1.29, 1.82) is 0 Å². The van der Waals surface area contributed by atoms with E-state index in [4.69, 9.17) is 5.84 Å². The van der Waals surface area contributed by atoms with E-state index in [2.05, 4.69) is 9.71 Å². The number of anilines is 2. The predicted molar refractivity (Wildman–Crippen MR) is 102 cm³/mol. The van der Waals surface area contributed by atoms with Crippen molar-refractivity contribution >= 4 is 27.3 Å². The Hall–Kier alpha value is -3.77. The van der Waals surface area contributed by atoms with Crippen LogP contribution in [0.3, 0.4) is 0 Å². The maximum absolute atomic E-state index is 13.1. The summed E-state index contributed by atoms with van der Waals surface area (Å²) in [7, 11) is -4.44. The van der Waals surface area contributed by atoms with Crippen molar-refractivity contribution in [2.24, 2.45) is 5.84 Å². The number of benzene rings is 2. The number of hydrogen-bond donors (Lipinski definition) is 4. The van der Waals surface area contributed by atoms with Gasteiger partial charge in [0.15, 0.2) is 4.90 Å². The topological polar surface area (TPSA) is 158 Å². The van der Waals surface area contributed by atoms with Crippen LogP contribution in [-0.2, 0) is 10.0 Å². The average Bonchev–Trinajstić information content (AvgIpc) is 2.67. The minimum Gasteiger partial charge on any atom is -0.313 e. The molecule has 3 aromatic rings. The number of nitrogens with one attached hydrogen (secondary N) is 3. The summed E-state index contributed by atoms with van der Waals surface area (Å²) in [5, 5.41) is 0.722. The lowest BCUT2D eigenvalue weighted by atomic mass is 10.1. The van der Waals surface area contributed by atoms with E-state index in [9.17, 15) is 27.2 Å². The Kier molecular flexibility index (Phi) is 5.30. The molecule has 1 heterocycles. The summed E-state index contributed by atoms with van der Waals surface area (Å²) in [5.74, 6) is 4.49. The molecule has 0 aliphatic rings. The van der Waals surface area contributed by atoms with Crippen LogP contribution in [0.1, 0.15) is 10.4 Å². The largest absolute Gasteiger partial charge is 0.325 e. The van der Waals surface area contributed by atoms with Gasteiger partial charge in [0, 0.05) is 6.20 Å². The van der Waals surface area contributed by atoms with Crippen molar-refractivity contribution in [3.63, 3.8) is 0 Å². The van der Waals surface area contributed by atoms with Gasteiger partial charge in [0.2, 0.25) is 0 Å². The van der Waals surface area contributed by atoms with Gasteiger partial charge in [0.05, 0.1) is 16.9 Å². The number of carbonyl (C=O) groups is 1. The first-order chi connectivity index (χ1) is 13.7. The zero-order chi connectivity index (χ0) is 21.2. The second-order valence-electron chi connectivity index (χ2n) is 5.74. The van der Waals surface area contributed by atoms with Gasteiger partial charge >= 0.3 is 5.69 Å². The molecule has 1 aromatic heterocycles. The molecule has 0 aliphatic carbocycles. The highest BCUT2D eigenvalue weighted by Crippen LogP contribution is 2.22. The minimum atomic E-state index is -4.44. The van der Waals surface area contributed by atoms with Crippen LogP contribution in [-0.4, -0.2) is 24.3 Å². The second kappa shape index (κ2) is 7.69. The number of carbonyl (C=O) groups excluding carboxylic acids is 1. The van der Waals surface area contributed by atoms with Crippen LogP contribution < -0.4 is 26.8 Å². The molecule has 0 atom stereocenters. The van der Waals surface area contributed by atoms with Gasteiger partial charge < -0.3 is 4.98 Å². The number of aromatic amines is 2. The Morgan fingerprint density at radius 1 is 1.07 bits per heavy atom. The smallest absolute Gasteiger partial charge is 0.313 e. The van der Waals surface area contributed by atoms with Gasteiger partial charge in [0.25, 0.3) is 21.5 Å². The van der Waals surface area contributed by atoms with Gasteiger partial charge in [-0.3, -0.25) is 19.3 Å². The van der Waals surface area contributed by atoms with E-state index in [1.165, 1.54) is 36.4 Å². The van der Waals surface area contributed by atoms with Crippen molar-refractivity contribution < 1.29 is 17.6 Å². The number of hydrogen-bond acceptors (Lipinski definition) is 6. The maximum Gasteiger partial charge on any atom is 0.325 e. The summed E-state index contributed by atoms with van der Waals surface area (Å²) in [5.41, 5.74) is -2.10. The normalized spacial score (nSPS) is 11.1. The van der Waals surface area contributed by atoms with Crippen LogP contribution in [0.2, 0.25) is 0 Å². The quantitative estimate of drug-likeness (QED) is 0.268. The molecule has 150 valence electrons. The molecule has 29 heavy (non-hydrogen) atoms. The van der Waals surface area contributed by atoms with E-state index < -0.39 is 37.9 Å². The molecular formula is C17H14FN5O5S. The van der Waals surface area contributed by atoms with Crippen molar-refractivity contribution in [2.75, 3.05) is 9.73 Å². The van der Waals surface area contributed by atoms with E-state index in [0.717, 1.165) is 23.3 Å². The Bertz CT molecular complexity index is 1280. The first kappa shape index (κ1) is 20.0. The molecule has 3 rings (SSSR count). The molecule has 0 aliphatic heterocycles. The highest BCUT2D eigenvalue weighted by Gasteiger charge is 2.23. The molecule has 5 N–H and O–H groups in total. The Morgan fingerprint density at radius 2 is 1.72 bits per heavy atom. The highest BCUT2D eigenvalue weighted by molar-refractivity contribution is 7.92. The van der Waals surface area contributed by atoms with Gasteiger partial charge in [-0.25, -0.2) is 28.5 Å². The fourth-order valence-electron chi connectivity index (χ4n) is 2.40. The first-order valence-electron chi connectivity index (χ1n) is 7.97. The number of sulfonamides is 1. The molecule has 0 unspecified atom stereocenters. The summed E-state index contributed by atoms with van der Waals surface area (Å²) < 4.78 is 40.3. The van der Waals surface area contributed by atoms with E-state index >= 15 is 0 Å². The molecule has 0 spiro atoms. The standard InChI is InChI=1S/C17H14FN5O5S/c18-10-5-7-11(8-6-10)23(19)16(25)12-3-1-2-4-13(12)22-29(27,28)14-9-20-17(26)21-15(14)24/h1-9,22H,19H2,(H2,20,21,24,26). The molecule has 1 amide bonds. The lowest BCUT2D eigenvalue weighted by molar-refractivity contribution is 0.0987. The van der Waals surface area contributed by atoms with Gasteiger partial charge in [-0.15, -0.1) is 0 Å². The summed E-state index contributed by atoms with van der Waals surface area (Å²) >= 11 is 0. The van der Waals surface area contributed by atoms with Crippen LogP contribution in [0.15, 0.2) is 69.2 Å². The summed E-state index contributed by atoms with van der Waals surface area (Å²) in [4.78, 5) is 38.7. The molecule has 2 aromatic carbocycles. The molecule has 10 nitrogen and oxygen atoms in total. The van der Waals surface area contributed by atoms with Crippen LogP contribution in [0.25, 0.3) is 0 Å². The third-order valence-electron chi connectivity index (χ3n) is 3.80. The lowest BCUT2D eigenvalue weighted by Gasteiger charge is -2.19. The number of H-pyrrole nitrogens is 2. The van der Waals surface area contributed by atoms with Crippen LogP contribution >= 0.6 is 0 Å². The zero-order valence-corrected chi connectivity index (χ0v) is 15.4. The highest BCUT2D eigenvalue weighted by atomic mass is 32.2. The van der Waals surface area contributed by atoms with E-state index in [-0.39, 0.29) is 16.9 Å². The van der Waals surface area contributed by atoms with Crippen molar-refractivity contribution in [1.82, 2.24) is 9.97 Å². The number of amides is 1. The molecular weight excluding hydrogens is 405 g/mol. The van der Waals surface area contributed by atoms with E-state index in [1.807, 2.05) is 0 Å². The average molecular weight is 419 g/mol. The van der Waals surface area contributed by atoms with Gasteiger partial charge in [-0.2, -0.15) is 0 Å². The molecule has 0 fully saturated rings. The minimum absolute atomic E-state index is 0.122. The molecule has 0 bridgehead atoms. The van der Waals surface area contributed by atoms with Crippen LogP contribution in [0.4, 0.5) is 15.8 Å². The Labute approximate surface area is 162 Å². The fraction of sp³-hybridized carbons (Fsp3) is 0. The third kappa shape index (κ3) is 4.23. The Balaban J connectivity index is 1.96. The lowest BCUT2D eigenvalue weighted by Crippen LogP contribution is -2.38. The number of nitrogens with two attached hydrogens (primary N) is 1. The van der Waals surface area contributed by atoms with Crippen molar-refractivity contribution in [3.8, 4) is 0 Å². The molecule has 0 saturated heterocycles. The second-order valence-corrected chi connectivity index (χ2v) is 7.39. The summed E-state index contributed by atoms with van der Waals surface area (Å²) in [6.07, 6.45) is 0.738. The number of nitrogens with zero attached hydrogens (tertiary/aromatic N) is 1. The van der Waals surface area contributed by atoms with Crippen molar-refractivity contribution in [2.45, 2.75) is 4.90 Å². The maximum atomic E-state index is 13.1. The molecule has 12 heteroatoms. The van der Waals surface area contributed by atoms with E-state index in [0.29, 0.717) is 0 Å². The zero-order valence-electron chi connectivity index (χ0n) is 14.5. The molecule has 0 radical (unpaired) electrons. The first-order valence-corrected chi connectivity index (χ1v) is 9.46. The number of aromatic nitrogens is 2. The third-order valence-corrected chi connectivity index (χ3v) is 5.17. The monoisotopic (exact) mass is 419 g/mol. The predicted octanol–water partition coefficient (Wildman–Crippen LogP) is 0.524. The number of halogens is 1. The van der Waals surface area contributed by atoms with E-state index in [1.54, 1.807) is 4.98 Å². The number of rotatable bonds is 5. The van der Waals surface area contributed by atoms with Crippen LogP contribution in [0.5, 0.6) is 0 Å². The SMILES string of the molecule is NN(C(=O)c1ccccc1NS(=O)(=O)c1c[nH]c(=O)[nH]c1=O)c1ccc(F)cc1. The van der Waals surface area contributed by atoms with Gasteiger partial charge in [-0.1, -0.05) is 12.1 Å².